The summed E-state index contributed by atoms with van der Waals surface area (Å²) >= 11 is 0. The number of sulfone groups is 1. The van der Waals surface area contributed by atoms with E-state index < -0.39 is 33.9 Å². The molecule has 1 aliphatic heterocycles. The molecule has 3 rings (SSSR count). The Balaban J connectivity index is 1.67. The summed E-state index contributed by atoms with van der Waals surface area (Å²) in [5, 5.41) is 6.79. The van der Waals surface area contributed by atoms with Gasteiger partial charge in [0.25, 0.3) is 5.91 Å². The van der Waals surface area contributed by atoms with Crippen LogP contribution in [0.1, 0.15) is 23.8 Å². The third-order valence-corrected chi connectivity index (χ3v) is 6.11. The molecule has 0 aliphatic carbocycles. The van der Waals surface area contributed by atoms with Crippen LogP contribution in [-0.4, -0.2) is 60.8 Å². The van der Waals surface area contributed by atoms with E-state index in [1.807, 2.05) is 30.3 Å². The number of nitrogens with zero attached hydrogens (tertiary/aromatic N) is 2. The number of carbonyl (C=O) groups excluding carboxylic acids is 2. The maximum atomic E-state index is 12.5. The summed E-state index contributed by atoms with van der Waals surface area (Å²) in [7, 11) is -1.71. The lowest BCUT2D eigenvalue weighted by atomic mass is 10.2. The molecule has 9 nitrogen and oxygen atoms in total. The normalized spacial score (nSPS) is 19.0. The second-order valence-corrected chi connectivity index (χ2v) is 8.71. The maximum Gasteiger partial charge on any atom is 0.363 e. The molecule has 1 fully saturated rings. The van der Waals surface area contributed by atoms with Crippen LogP contribution in [0.25, 0.3) is 5.69 Å². The Kier molecular flexibility index (Phi) is 5.68. The Labute approximate surface area is 162 Å². The Hall–Kier alpha value is -2.88. The minimum atomic E-state index is -3.12. The van der Waals surface area contributed by atoms with Crippen molar-refractivity contribution in [1.82, 2.24) is 15.1 Å². The highest BCUT2D eigenvalue weighted by Crippen LogP contribution is 2.21. The molecule has 2 aromatic rings. The molecule has 0 spiro atoms. The van der Waals surface area contributed by atoms with Gasteiger partial charge >= 0.3 is 5.97 Å². The fourth-order valence-corrected chi connectivity index (χ4v) is 4.53. The van der Waals surface area contributed by atoms with Crippen molar-refractivity contribution >= 4 is 21.7 Å². The summed E-state index contributed by atoms with van der Waals surface area (Å²) in [5.74, 6) is -1.22. The minimum Gasteiger partial charge on any atom is -0.493 e. The van der Waals surface area contributed by atoms with Gasteiger partial charge in [-0.05, 0) is 25.5 Å². The van der Waals surface area contributed by atoms with Gasteiger partial charge in [0.2, 0.25) is 5.69 Å². The van der Waals surface area contributed by atoms with Gasteiger partial charge < -0.3 is 14.8 Å². The predicted octanol–water partition coefficient (Wildman–Crippen LogP) is 0.730. The topological polar surface area (TPSA) is 117 Å². The largest absolute Gasteiger partial charge is 0.493 e. The van der Waals surface area contributed by atoms with E-state index >= 15 is 0 Å². The molecule has 1 amide bonds. The summed E-state index contributed by atoms with van der Waals surface area (Å²) in [4.78, 5) is 24.7. The first-order valence-electron chi connectivity index (χ1n) is 8.70. The predicted molar refractivity (Wildman–Crippen MR) is 100 cm³/mol. The Morgan fingerprint density at radius 3 is 2.61 bits per heavy atom. The first-order chi connectivity index (χ1) is 13.3. The molecule has 0 unspecified atom stereocenters. The van der Waals surface area contributed by atoms with Crippen LogP contribution in [0, 0.1) is 0 Å². The number of amides is 1. The third-order valence-electron chi connectivity index (χ3n) is 4.35. The molecule has 10 heteroatoms. The lowest BCUT2D eigenvalue weighted by molar-refractivity contribution is -0.129. The monoisotopic (exact) mass is 407 g/mol. The van der Waals surface area contributed by atoms with Gasteiger partial charge in [-0.2, -0.15) is 5.10 Å². The smallest absolute Gasteiger partial charge is 0.363 e. The SMILES string of the molecule is COc1cn(-c2ccccc2)nc1C(=O)O[C@@H](C)C(=O)N[C@@H]1CCS(=O)(=O)C1. The second kappa shape index (κ2) is 8.01. The number of carbonyl (C=O) groups is 2. The fourth-order valence-electron chi connectivity index (χ4n) is 2.86. The summed E-state index contributed by atoms with van der Waals surface area (Å²) in [6.45, 7) is 1.41. The molecule has 28 heavy (non-hydrogen) atoms. The summed E-state index contributed by atoms with van der Waals surface area (Å²) < 4.78 is 34.8. The summed E-state index contributed by atoms with van der Waals surface area (Å²) in [5.41, 5.74) is 0.669. The average molecular weight is 407 g/mol. The number of ether oxygens (including phenoxy) is 2. The van der Waals surface area contributed by atoms with E-state index in [-0.39, 0.29) is 22.9 Å². The molecular formula is C18H21N3O6S. The van der Waals surface area contributed by atoms with Gasteiger partial charge in [0.15, 0.2) is 21.7 Å². The zero-order valence-electron chi connectivity index (χ0n) is 15.5. The van der Waals surface area contributed by atoms with Gasteiger partial charge in [-0.15, -0.1) is 0 Å². The molecule has 150 valence electrons. The van der Waals surface area contributed by atoms with Gasteiger partial charge in [-0.25, -0.2) is 17.9 Å². The van der Waals surface area contributed by atoms with E-state index in [0.717, 1.165) is 5.69 Å². The van der Waals surface area contributed by atoms with Crippen molar-refractivity contribution < 1.29 is 27.5 Å². The summed E-state index contributed by atoms with van der Waals surface area (Å²) in [6, 6.07) is 8.68. The highest BCUT2D eigenvalue weighted by molar-refractivity contribution is 7.91. The van der Waals surface area contributed by atoms with E-state index in [1.54, 1.807) is 6.20 Å². The molecule has 1 aromatic heterocycles. The van der Waals surface area contributed by atoms with Gasteiger partial charge in [0, 0.05) is 6.04 Å². The van der Waals surface area contributed by atoms with E-state index in [1.165, 1.54) is 18.7 Å². The number of para-hydroxylation sites is 1. The fraction of sp³-hybridized carbons (Fsp3) is 0.389. The molecular weight excluding hydrogens is 386 g/mol. The quantitative estimate of drug-likeness (QED) is 0.702. The Morgan fingerprint density at radius 2 is 2.00 bits per heavy atom. The van der Waals surface area contributed by atoms with E-state index in [4.69, 9.17) is 9.47 Å². The van der Waals surface area contributed by atoms with Crippen LogP contribution in [0.15, 0.2) is 36.5 Å². The van der Waals surface area contributed by atoms with Gasteiger partial charge in [-0.3, -0.25) is 4.79 Å². The molecule has 1 saturated heterocycles. The van der Waals surface area contributed by atoms with Crippen molar-refractivity contribution in [3.05, 3.63) is 42.2 Å². The molecule has 0 radical (unpaired) electrons. The number of esters is 1. The van der Waals surface area contributed by atoms with Crippen molar-refractivity contribution in [2.45, 2.75) is 25.5 Å². The number of rotatable bonds is 6. The number of nitrogens with one attached hydrogen (secondary N) is 1. The lowest BCUT2D eigenvalue weighted by Crippen LogP contribution is -2.42. The first-order valence-corrected chi connectivity index (χ1v) is 10.5. The maximum absolute atomic E-state index is 12.5. The van der Waals surface area contributed by atoms with Crippen molar-refractivity contribution in [3.63, 3.8) is 0 Å². The van der Waals surface area contributed by atoms with Crippen LogP contribution in [0.3, 0.4) is 0 Å². The molecule has 0 saturated carbocycles. The number of hydrogen-bond acceptors (Lipinski definition) is 7. The van der Waals surface area contributed by atoms with Gasteiger partial charge in [-0.1, -0.05) is 18.2 Å². The minimum absolute atomic E-state index is 0.0419. The number of aromatic nitrogens is 2. The van der Waals surface area contributed by atoms with Crippen LogP contribution in [0.4, 0.5) is 0 Å². The average Bonchev–Trinajstić information content (AvgIpc) is 3.25. The van der Waals surface area contributed by atoms with Crippen molar-refractivity contribution in [3.8, 4) is 11.4 Å². The highest BCUT2D eigenvalue weighted by Gasteiger charge is 2.31. The molecule has 1 aliphatic rings. The van der Waals surface area contributed by atoms with E-state index in [2.05, 4.69) is 10.4 Å². The standard InChI is InChI=1S/C18H21N3O6S/c1-12(17(22)19-13-8-9-28(24,25)11-13)27-18(23)16-15(26-2)10-21(20-16)14-6-4-3-5-7-14/h3-7,10,12-13H,8-9,11H2,1-2H3,(H,19,22)/t12-,13+/m0/s1. The first kappa shape index (κ1) is 19.9. The third kappa shape index (κ3) is 4.50. The molecule has 0 bridgehead atoms. The number of methoxy groups -OCH3 is 1. The van der Waals surface area contributed by atoms with Crippen molar-refractivity contribution in [2.24, 2.45) is 0 Å². The van der Waals surface area contributed by atoms with Crippen LogP contribution in [-0.2, 0) is 19.4 Å². The van der Waals surface area contributed by atoms with Crippen molar-refractivity contribution in [1.29, 1.82) is 0 Å². The second-order valence-electron chi connectivity index (χ2n) is 6.48. The zero-order chi connectivity index (χ0) is 20.3. The van der Waals surface area contributed by atoms with Gasteiger partial charge in [0.1, 0.15) is 0 Å². The number of hydrogen-bond donors (Lipinski definition) is 1. The van der Waals surface area contributed by atoms with Crippen LogP contribution in [0.5, 0.6) is 5.75 Å². The van der Waals surface area contributed by atoms with Crippen LogP contribution < -0.4 is 10.1 Å². The van der Waals surface area contributed by atoms with E-state index in [9.17, 15) is 18.0 Å². The Bertz CT molecular complexity index is 970. The van der Waals surface area contributed by atoms with E-state index in [0.29, 0.717) is 6.42 Å². The molecule has 1 N–H and O–H groups in total. The summed E-state index contributed by atoms with van der Waals surface area (Å²) in [6.07, 6.45) is 0.784. The number of benzene rings is 1. The molecule has 2 atom stereocenters. The highest BCUT2D eigenvalue weighted by atomic mass is 32.2. The van der Waals surface area contributed by atoms with Crippen molar-refractivity contribution in [2.75, 3.05) is 18.6 Å². The van der Waals surface area contributed by atoms with Crippen LogP contribution in [0.2, 0.25) is 0 Å². The lowest BCUT2D eigenvalue weighted by Gasteiger charge is -2.16. The molecule has 1 aromatic carbocycles. The van der Waals surface area contributed by atoms with Gasteiger partial charge in [0.05, 0.1) is 30.5 Å². The zero-order valence-corrected chi connectivity index (χ0v) is 16.3. The van der Waals surface area contributed by atoms with Crippen LogP contribution >= 0.6 is 0 Å². The molecule has 2 heterocycles. The Morgan fingerprint density at radius 1 is 1.29 bits per heavy atom.